The second kappa shape index (κ2) is 4.41. The Labute approximate surface area is 105 Å². The van der Waals surface area contributed by atoms with E-state index in [1.54, 1.807) is 12.4 Å². The molecule has 0 saturated carbocycles. The molecule has 0 bridgehead atoms. The zero-order valence-electron chi connectivity index (χ0n) is 9.36. The van der Waals surface area contributed by atoms with Gasteiger partial charge in [0.05, 0.1) is 0 Å². The van der Waals surface area contributed by atoms with Crippen molar-refractivity contribution in [1.82, 2.24) is 15.0 Å². The Kier molecular flexibility index (Phi) is 2.77. The van der Waals surface area contributed by atoms with E-state index in [9.17, 15) is 0 Å². The quantitative estimate of drug-likeness (QED) is 0.764. The number of hydrogen-bond donors (Lipinski definition) is 0. The van der Waals surface area contributed by atoms with Gasteiger partial charge in [0.25, 0.3) is 0 Å². The van der Waals surface area contributed by atoms with Gasteiger partial charge in [0.15, 0.2) is 0 Å². The van der Waals surface area contributed by atoms with Crippen LogP contribution in [-0.4, -0.2) is 15.0 Å². The molecule has 0 amide bonds. The summed E-state index contributed by atoms with van der Waals surface area (Å²) in [7, 11) is 0. The van der Waals surface area contributed by atoms with Crippen LogP contribution in [0.1, 0.15) is 29.1 Å². The molecule has 4 heteroatoms. The van der Waals surface area contributed by atoms with Gasteiger partial charge in [0, 0.05) is 30.1 Å². The van der Waals surface area contributed by atoms with E-state index in [-0.39, 0.29) is 0 Å². The maximum absolute atomic E-state index is 6.18. The average molecular weight is 246 g/mol. The number of halogens is 1. The smallest absolute Gasteiger partial charge is 0.136 e. The summed E-state index contributed by atoms with van der Waals surface area (Å²) in [4.78, 5) is 13.0. The Bertz CT molecular complexity index is 540. The van der Waals surface area contributed by atoms with Gasteiger partial charge in [-0.05, 0) is 37.0 Å². The maximum Gasteiger partial charge on any atom is 0.136 e. The molecule has 0 fully saturated rings. The molecule has 2 aromatic rings. The Morgan fingerprint density at radius 2 is 1.94 bits per heavy atom. The van der Waals surface area contributed by atoms with Gasteiger partial charge in [-0.1, -0.05) is 11.6 Å². The van der Waals surface area contributed by atoms with Crippen LogP contribution in [0.4, 0.5) is 0 Å². The molecule has 0 atom stereocenters. The van der Waals surface area contributed by atoms with Gasteiger partial charge in [0.2, 0.25) is 0 Å². The standard InChI is InChI=1S/C13H12ClN3/c14-13-10-2-1-3-11(10)16-12(17-13)8-9-4-6-15-7-5-9/h4-7H,1-3,8H2. The molecule has 17 heavy (non-hydrogen) atoms. The SMILES string of the molecule is Clc1nc(Cc2ccncc2)nc2c1CCC2. The van der Waals surface area contributed by atoms with Crippen LogP contribution in [0.2, 0.25) is 5.15 Å². The molecule has 0 aromatic carbocycles. The molecule has 0 N–H and O–H groups in total. The highest BCUT2D eigenvalue weighted by molar-refractivity contribution is 6.30. The van der Waals surface area contributed by atoms with Crippen LogP contribution in [0.15, 0.2) is 24.5 Å². The van der Waals surface area contributed by atoms with Crippen LogP contribution in [0.3, 0.4) is 0 Å². The monoisotopic (exact) mass is 245 g/mol. The fourth-order valence-corrected chi connectivity index (χ4v) is 2.50. The Hall–Kier alpha value is -1.48. The summed E-state index contributed by atoms with van der Waals surface area (Å²) >= 11 is 6.18. The van der Waals surface area contributed by atoms with Crippen molar-refractivity contribution in [3.05, 3.63) is 52.3 Å². The molecular weight excluding hydrogens is 234 g/mol. The van der Waals surface area contributed by atoms with Gasteiger partial charge in [-0.2, -0.15) is 0 Å². The molecule has 0 aliphatic heterocycles. The van der Waals surface area contributed by atoms with Gasteiger partial charge in [0.1, 0.15) is 11.0 Å². The van der Waals surface area contributed by atoms with E-state index in [2.05, 4.69) is 15.0 Å². The van der Waals surface area contributed by atoms with Gasteiger partial charge in [-0.25, -0.2) is 9.97 Å². The Morgan fingerprint density at radius 1 is 1.12 bits per heavy atom. The average Bonchev–Trinajstić information content (AvgIpc) is 2.79. The lowest BCUT2D eigenvalue weighted by molar-refractivity contribution is 0.885. The second-order valence-electron chi connectivity index (χ2n) is 4.24. The van der Waals surface area contributed by atoms with Gasteiger partial charge >= 0.3 is 0 Å². The van der Waals surface area contributed by atoms with E-state index in [0.717, 1.165) is 48.3 Å². The topological polar surface area (TPSA) is 38.7 Å². The van der Waals surface area contributed by atoms with Crippen LogP contribution in [-0.2, 0) is 19.3 Å². The second-order valence-corrected chi connectivity index (χ2v) is 4.60. The first-order chi connectivity index (χ1) is 8.33. The highest BCUT2D eigenvalue weighted by atomic mass is 35.5. The highest BCUT2D eigenvalue weighted by Crippen LogP contribution is 2.26. The number of pyridine rings is 1. The molecule has 0 saturated heterocycles. The molecule has 0 radical (unpaired) electrons. The van der Waals surface area contributed by atoms with Gasteiger partial charge in [-0.3, -0.25) is 4.98 Å². The van der Waals surface area contributed by atoms with Crippen molar-refractivity contribution in [1.29, 1.82) is 0 Å². The largest absolute Gasteiger partial charge is 0.265 e. The minimum atomic E-state index is 0.636. The van der Waals surface area contributed by atoms with E-state index >= 15 is 0 Å². The van der Waals surface area contributed by atoms with Crippen molar-refractivity contribution in [3.63, 3.8) is 0 Å². The zero-order valence-corrected chi connectivity index (χ0v) is 10.1. The lowest BCUT2D eigenvalue weighted by Crippen LogP contribution is -2.02. The molecule has 3 rings (SSSR count). The van der Waals surface area contributed by atoms with Crippen LogP contribution in [0.25, 0.3) is 0 Å². The maximum atomic E-state index is 6.18. The first-order valence-corrected chi connectivity index (χ1v) is 6.14. The fourth-order valence-electron chi connectivity index (χ4n) is 2.20. The first-order valence-electron chi connectivity index (χ1n) is 5.76. The molecule has 1 aliphatic rings. The number of fused-ring (bicyclic) bond motifs is 1. The van der Waals surface area contributed by atoms with Crippen molar-refractivity contribution in [3.8, 4) is 0 Å². The van der Waals surface area contributed by atoms with Gasteiger partial charge < -0.3 is 0 Å². The Morgan fingerprint density at radius 3 is 2.76 bits per heavy atom. The molecular formula is C13H12ClN3. The predicted octanol–water partition coefficient (Wildman–Crippen LogP) is 2.60. The third kappa shape index (κ3) is 2.15. The van der Waals surface area contributed by atoms with Crippen molar-refractivity contribution < 1.29 is 0 Å². The van der Waals surface area contributed by atoms with Crippen molar-refractivity contribution in [2.75, 3.05) is 0 Å². The number of nitrogens with zero attached hydrogens (tertiary/aromatic N) is 3. The summed E-state index contributed by atoms with van der Waals surface area (Å²) in [6.45, 7) is 0. The third-order valence-electron chi connectivity index (χ3n) is 3.04. The third-order valence-corrected chi connectivity index (χ3v) is 3.35. The van der Waals surface area contributed by atoms with Crippen molar-refractivity contribution in [2.24, 2.45) is 0 Å². The summed E-state index contributed by atoms with van der Waals surface area (Å²) in [6.07, 6.45) is 7.47. The molecule has 86 valence electrons. The molecule has 2 heterocycles. The predicted molar refractivity (Wildman–Crippen MR) is 66.1 cm³/mol. The zero-order chi connectivity index (χ0) is 11.7. The van der Waals surface area contributed by atoms with Crippen LogP contribution in [0.5, 0.6) is 0 Å². The number of aryl methyl sites for hydroxylation is 1. The van der Waals surface area contributed by atoms with Crippen LogP contribution < -0.4 is 0 Å². The summed E-state index contributed by atoms with van der Waals surface area (Å²) < 4.78 is 0. The number of aromatic nitrogens is 3. The number of rotatable bonds is 2. The van der Waals surface area contributed by atoms with E-state index in [1.165, 1.54) is 0 Å². The first kappa shape index (κ1) is 10.7. The number of hydrogen-bond acceptors (Lipinski definition) is 3. The fraction of sp³-hybridized carbons (Fsp3) is 0.308. The highest BCUT2D eigenvalue weighted by Gasteiger charge is 2.18. The molecule has 3 nitrogen and oxygen atoms in total. The summed E-state index contributed by atoms with van der Waals surface area (Å²) in [5.74, 6) is 0.807. The minimum Gasteiger partial charge on any atom is -0.265 e. The lowest BCUT2D eigenvalue weighted by atomic mass is 10.2. The summed E-state index contributed by atoms with van der Waals surface area (Å²) in [6, 6.07) is 3.95. The molecule has 2 aromatic heterocycles. The Balaban J connectivity index is 1.92. The lowest BCUT2D eigenvalue weighted by Gasteiger charge is -2.05. The molecule has 1 aliphatic carbocycles. The van der Waals surface area contributed by atoms with Crippen LogP contribution >= 0.6 is 11.6 Å². The summed E-state index contributed by atoms with van der Waals surface area (Å²) in [5, 5.41) is 0.636. The van der Waals surface area contributed by atoms with Crippen LogP contribution in [0, 0.1) is 0 Å². The molecule has 0 unspecified atom stereocenters. The van der Waals surface area contributed by atoms with E-state index in [1.807, 2.05) is 12.1 Å². The minimum absolute atomic E-state index is 0.636. The van der Waals surface area contributed by atoms with Gasteiger partial charge in [-0.15, -0.1) is 0 Å². The normalized spacial score (nSPS) is 13.7. The van der Waals surface area contributed by atoms with Crippen molar-refractivity contribution >= 4 is 11.6 Å². The molecule has 0 spiro atoms. The van der Waals surface area contributed by atoms with E-state index < -0.39 is 0 Å². The summed E-state index contributed by atoms with van der Waals surface area (Å²) in [5.41, 5.74) is 3.44. The van der Waals surface area contributed by atoms with E-state index in [4.69, 9.17) is 11.6 Å². The van der Waals surface area contributed by atoms with E-state index in [0.29, 0.717) is 5.15 Å². The van der Waals surface area contributed by atoms with Crippen molar-refractivity contribution in [2.45, 2.75) is 25.7 Å².